The smallest absolute Gasteiger partial charge is 0.109 e. The summed E-state index contributed by atoms with van der Waals surface area (Å²) in [5.74, 6) is 1.76. The fourth-order valence-corrected chi connectivity index (χ4v) is 4.26. The highest BCUT2D eigenvalue weighted by Crippen LogP contribution is 2.41. The fraction of sp³-hybridized carbons (Fsp3) is 0.929. The monoisotopic (exact) mass is 266 g/mol. The molecule has 3 rings (SSSR count). The molecule has 3 nitrogen and oxygen atoms in total. The van der Waals surface area contributed by atoms with Gasteiger partial charge in [-0.2, -0.15) is 17.0 Å². The van der Waals surface area contributed by atoms with Gasteiger partial charge in [0.15, 0.2) is 0 Å². The molecule has 1 saturated heterocycles. The van der Waals surface area contributed by atoms with Gasteiger partial charge in [0.25, 0.3) is 0 Å². The Hall–Kier alpha value is -0.240. The summed E-state index contributed by atoms with van der Waals surface area (Å²) in [6, 6.07) is 3.26. The summed E-state index contributed by atoms with van der Waals surface area (Å²) < 4.78 is 5.19. The predicted molar refractivity (Wildman–Crippen MR) is 73.5 cm³/mol. The van der Waals surface area contributed by atoms with Crippen molar-refractivity contribution >= 4 is 11.8 Å². The van der Waals surface area contributed by atoms with Gasteiger partial charge in [-0.25, -0.2) is 0 Å². The SMILES string of the molecule is N#CC1(NC2CC2)CCCC1CCSC1COC1. The van der Waals surface area contributed by atoms with Crippen LogP contribution >= 0.6 is 11.8 Å². The molecule has 18 heavy (non-hydrogen) atoms. The first-order valence-electron chi connectivity index (χ1n) is 7.21. The molecule has 0 aromatic rings. The molecule has 1 heterocycles. The van der Waals surface area contributed by atoms with Gasteiger partial charge in [0.2, 0.25) is 0 Å². The molecule has 3 fully saturated rings. The number of hydrogen-bond donors (Lipinski definition) is 1. The lowest BCUT2D eigenvalue weighted by Crippen LogP contribution is -2.48. The van der Waals surface area contributed by atoms with E-state index in [0.717, 1.165) is 24.9 Å². The Kier molecular flexibility index (Phi) is 3.83. The zero-order valence-electron chi connectivity index (χ0n) is 10.9. The number of ether oxygens (including phenoxy) is 1. The summed E-state index contributed by atoms with van der Waals surface area (Å²) in [7, 11) is 0. The van der Waals surface area contributed by atoms with E-state index >= 15 is 0 Å². The second-order valence-electron chi connectivity index (χ2n) is 5.91. The van der Waals surface area contributed by atoms with Crippen LogP contribution in [0, 0.1) is 17.2 Å². The maximum atomic E-state index is 9.59. The third kappa shape index (κ3) is 2.68. The molecular formula is C14H22N2OS. The second-order valence-corrected chi connectivity index (χ2v) is 7.32. The first kappa shape index (κ1) is 12.8. The molecule has 0 amide bonds. The van der Waals surface area contributed by atoms with Crippen LogP contribution in [-0.4, -0.2) is 35.8 Å². The third-order valence-corrected chi connectivity index (χ3v) is 5.70. The van der Waals surface area contributed by atoms with Crippen LogP contribution < -0.4 is 5.32 Å². The average molecular weight is 266 g/mol. The van der Waals surface area contributed by atoms with E-state index in [1.165, 1.54) is 37.9 Å². The highest BCUT2D eigenvalue weighted by atomic mass is 32.2. The highest BCUT2D eigenvalue weighted by Gasteiger charge is 2.45. The number of nitrogens with one attached hydrogen (secondary N) is 1. The number of thioether (sulfide) groups is 1. The molecule has 0 aromatic carbocycles. The van der Waals surface area contributed by atoms with E-state index in [0.29, 0.717) is 12.0 Å². The lowest BCUT2D eigenvalue weighted by atomic mass is 9.86. The maximum Gasteiger partial charge on any atom is 0.109 e. The number of rotatable bonds is 6. The van der Waals surface area contributed by atoms with Crippen LogP contribution in [-0.2, 0) is 4.74 Å². The van der Waals surface area contributed by atoms with E-state index in [4.69, 9.17) is 4.74 Å². The van der Waals surface area contributed by atoms with Gasteiger partial charge in [0.05, 0.1) is 24.5 Å². The Morgan fingerprint density at radius 2 is 2.17 bits per heavy atom. The van der Waals surface area contributed by atoms with Crippen LogP contribution in [0.25, 0.3) is 0 Å². The molecular weight excluding hydrogens is 244 g/mol. The molecule has 2 aliphatic carbocycles. The largest absolute Gasteiger partial charge is 0.379 e. The molecule has 0 bridgehead atoms. The Bertz CT molecular complexity index is 335. The molecule has 1 N–H and O–H groups in total. The van der Waals surface area contributed by atoms with Gasteiger partial charge in [-0.15, -0.1) is 0 Å². The van der Waals surface area contributed by atoms with Crippen LogP contribution in [0.1, 0.15) is 38.5 Å². The Morgan fingerprint density at radius 1 is 1.33 bits per heavy atom. The van der Waals surface area contributed by atoms with Crippen LogP contribution in [0.2, 0.25) is 0 Å². The van der Waals surface area contributed by atoms with E-state index in [1.807, 2.05) is 11.8 Å². The van der Waals surface area contributed by atoms with Crippen LogP contribution in [0.5, 0.6) is 0 Å². The van der Waals surface area contributed by atoms with Gasteiger partial charge in [0, 0.05) is 6.04 Å². The van der Waals surface area contributed by atoms with Crippen LogP contribution in [0.15, 0.2) is 0 Å². The van der Waals surface area contributed by atoms with Crippen LogP contribution in [0.3, 0.4) is 0 Å². The molecule has 3 aliphatic rings. The van der Waals surface area contributed by atoms with Crippen molar-refractivity contribution in [2.45, 2.75) is 55.4 Å². The zero-order valence-corrected chi connectivity index (χ0v) is 11.7. The summed E-state index contributed by atoms with van der Waals surface area (Å²) >= 11 is 2.03. The summed E-state index contributed by atoms with van der Waals surface area (Å²) in [6.45, 7) is 1.86. The molecule has 2 atom stereocenters. The lowest BCUT2D eigenvalue weighted by Gasteiger charge is -2.31. The first-order valence-corrected chi connectivity index (χ1v) is 8.25. The summed E-state index contributed by atoms with van der Waals surface area (Å²) in [5, 5.41) is 13.9. The molecule has 100 valence electrons. The van der Waals surface area contributed by atoms with Crippen LogP contribution in [0.4, 0.5) is 0 Å². The van der Waals surface area contributed by atoms with Crippen molar-refractivity contribution in [2.24, 2.45) is 5.92 Å². The zero-order chi connectivity index (χ0) is 12.4. The lowest BCUT2D eigenvalue weighted by molar-refractivity contribution is 0.0455. The number of nitrogens with zero attached hydrogens (tertiary/aromatic N) is 1. The Balaban J connectivity index is 1.50. The minimum absolute atomic E-state index is 0.197. The average Bonchev–Trinajstić information content (AvgIpc) is 3.03. The summed E-state index contributed by atoms with van der Waals surface area (Å²) in [4.78, 5) is 0. The maximum absolute atomic E-state index is 9.59. The van der Waals surface area contributed by atoms with E-state index in [1.54, 1.807) is 0 Å². The Labute approximate surface area is 114 Å². The normalized spacial score (nSPS) is 36.3. The summed E-state index contributed by atoms with van der Waals surface area (Å²) in [6.07, 6.45) is 7.23. The minimum atomic E-state index is -0.197. The van der Waals surface area contributed by atoms with E-state index in [9.17, 15) is 5.26 Å². The van der Waals surface area contributed by atoms with E-state index in [-0.39, 0.29) is 5.54 Å². The number of nitriles is 1. The number of hydrogen-bond acceptors (Lipinski definition) is 4. The van der Waals surface area contributed by atoms with Gasteiger partial charge in [0.1, 0.15) is 5.54 Å². The molecule has 0 spiro atoms. The molecule has 0 radical (unpaired) electrons. The van der Waals surface area contributed by atoms with Gasteiger partial charge >= 0.3 is 0 Å². The predicted octanol–water partition coefficient (Wildman–Crippen LogP) is 2.32. The minimum Gasteiger partial charge on any atom is -0.379 e. The molecule has 0 aromatic heterocycles. The first-order chi connectivity index (χ1) is 8.82. The third-order valence-electron chi connectivity index (χ3n) is 4.49. The summed E-state index contributed by atoms with van der Waals surface area (Å²) in [5.41, 5.74) is -0.197. The quantitative estimate of drug-likeness (QED) is 0.801. The molecule has 1 aliphatic heterocycles. The van der Waals surface area contributed by atoms with Gasteiger partial charge in [-0.05, 0) is 43.8 Å². The topological polar surface area (TPSA) is 45.0 Å². The van der Waals surface area contributed by atoms with E-state index < -0.39 is 0 Å². The standard InChI is InChI=1S/C14H22N2OS/c15-10-14(16-12-3-4-12)6-1-2-11(14)5-7-18-13-8-17-9-13/h11-13,16H,1-9H2. The highest BCUT2D eigenvalue weighted by molar-refractivity contribution is 8.00. The molecule has 2 saturated carbocycles. The van der Waals surface area contributed by atoms with Gasteiger partial charge in [-0.1, -0.05) is 6.42 Å². The van der Waals surface area contributed by atoms with Crippen molar-refractivity contribution in [3.05, 3.63) is 0 Å². The van der Waals surface area contributed by atoms with Crippen molar-refractivity contribution in [1.29, 1.82) is 5.26 Å². The molecule has 2 unspecified atom stereocenters. The van der Waals surface area contributed by atoms with Gasteiger partial charge in [-0.3, -0.25) is 5.32 Å². The molecule has 4 heteroatoms. The van der Waals surface area contributed by atoms with E-state index in [2.05, 4.69) is 11.4 Å². The van der Waals surface area contributed by atoms with Crippen molar-refractivity contribution in [2.75, 3.05) is 19.0 Å². The van der Waals surface area contributed by atoms with Crippen molar-refractivity contribution in [3.8, 4) is 6.07 Å². The van der Waals surface area contributed by atoms with Gasteiger partial charge < -0.3 is 4.74 Å². The van der Waals surface area contributed by atoms with Crippen molar-refractivity contribution < 1.29 is 4.74 Å². The van der Waals surface area contributed by atoms with Crippen molar-refractivity contribution in [1.82, 2.24) is 5.32 Å². The second kappa shape index (κ2) is 5.40. The Morgan fingerprint density at radius 3 is 2.78 bits per heavy atom. The van der Waals surface area contributed by atoms with Crippen molar-refractivity contribution in [3.63, 3.8) is 0 Å². The fourth-order valence-electron chi connectivity index (χ4n) is 3.12.